The third-order valence-electron chi connectivity index (χ3n) is 6.16. The second-order valence-electron chi connectivity index (χ2n) is 8.00. The summed E-state index contributed by atoms with van der Waals surface area (Å²) < 4.78 is 28.9. The molecule has 29 heavy (non-hydrogen) atoms. The van der Waals surface area contributed by atoms with Crippen molar-refractivity contribution in [3.05, 3.63) is 33.0 Å². The minimum absolute atomic E-state index is 0. The summed E-state index contributed by atoms with van der Waals surface area (Å²) in [6.07, 6.45) is 6.94. The first-order valence-electron chi connectivity index (χ1n) is 10.0. The third-order valence-corrected chi connectivity index (χ3v) is 7.81. The van der Waals surface area contributed by atoms with E-state index in [9.17, 15) is 18.0 Å². The van der Waals surface area contributed by atoms with Gasteiger partial charge in [0.15, 0.2) is 16.1 Å². The Morgan fingerprint density at radius 1 is 1.07 bits per heavy atom. The van der Waals surface area contributed by atoms with Gasteiger partial charge in [-0.1, -0.05) is 6.07 Å². The van der Waals surface area contributed by atoms with E-state index in [1.54, 1.807) is 0 Å². The molecule has 0 saturated carbocycles. The summed E-state index contributed by atoms with van der Waals surface area (Å²) in [6.45, 7) is 2.08. The number of carbonyl (C=O) groups is 2. The number of piperidine rings is 1. The van der Waals surface area contributed by atoms with E-state index >= 15 is 0 Å². The van der Waals surface area contributed by atoms with Crippen molar-refractivity contribution in [1.29, 1.82) is 0 Å². The number of hydrogen-bond acceptors (Lipinski definition) is 4. The second kappa shape index (κ2) is 9.36. The van der Waals surface area contributed by atoms with Crippen molar-refractivity contribution in [1.82, 2.24) is 4.90 Å². The normalized spacial score (nSPS) is 20.4. The molecule has 7 nitrogen and oxygen atoms in total. The first-order chi connectivity index (χ1) is 13.3. The molecule has 1 aliphatic heterocycles. The van der Waals surface area contributed by atoms with Gasteiger partial charge < -0.3 is 14.9 Å². The minimum Gasteiger partial charge on any atom is -0.423 e. The van der Waals surface area contributed by atoms with E-state index in [1.165, 1.54) is 23.0 Å². The number of urea groups is 1. The van der Waals surface area contributed by atoms with Crippen LogP contribution < -0.4 is 56.7 Å². The van der Waals surface area contributed by atoms with E-state index in [4.69, 9.17) is 0 Å². The smallest absolute Gasteiger partial charge is 0.423 e. The van der Waals surface area contributed by atoms with Crippen molar-refractivity contribution in [2.45, 2.75) is 63.5 Å². The fourth-order valence-corrected chi connectivity index (χ4v) is 6.01. The summed E-state index contributed by atoms with van der Waals surface area (Å²) >= 11 is 0. The summed E-state index contributed by atoms with van der Waals surface area (Å²) in [4.78, 5) is 25.6. The van der Waals surface area contributed by atoms with Gasteiger partial charge in [-0.05, 0) is 79.3 Å². The Balaban J connectivity index is 0.00000240. The molecule has 0 aromatic heterocycles. The molecule has 1 fully saturated rings. The Kier molecular flexibility index (Phi) is 7.49. The molecular formula is C20H26KN3O4S. The number of likely N-dealkylation sites (tertiary alicyclic amines) is 1. The van der Waals surface area contributed by atoms with E-state index in [0.717, 1.165) is 55.3 Å². The predicted octanol–water partition coefficient (Wildman–Crippen LogP) is -0.0857. The molecule has 1 aromatic carbocycles. The van der Waals surface area contributed by atoms with Gasteiger partial charge in [-0.3, -0.25) is 9.59 Å². The van der Waals surface area contributed by atoms with Crippen LogP contribution in [0.1, 0.15) is 54.9 Å². The van der Waals surface area contributed by atoms with Gasteiger partial charge in [0.25, 0.3) is 0 Å². The molecule has 3 amide bonds. The van der Waals surface area contributed by atoms with Gasteiger partial charge in [0.1, 0.15) is 0 Å². The minimum atomic E-state index is -3.98. The number of anilines is 1. The maximum atomic E-state index is 12.7. The summed E-state index contributed by atoms with van der Waals surface area (Å²) in [6, 6.07) is 1.43. The van der Waals surface area contributed by atoms with Crippen LogP contribution in [-0.4, -0.2) is 43.6 Å². The summed E-state index contributed by atoms with van der Waals surface area (Å²) in [5.41, 5.74) is 5.61. The third kappa shape index (κ3) is 4.90. The molecule has 152 valence electrons. The number of nitrogens with one attached hydrogen (secondary N) is 1. The van der Waals surface area contributed by atoms with E-state index < -0.39 is 21.3 Å². The number of carbonyl (C=O) groups excluding carboxylic acids is 2. The van der Waals surface area contributed by atoms with Crippen LogP contribution in [0.25, 0.3) is 4.72 Å². The topological polar surface area (TPSA) is 97.7 Å². The number of rotatable bonds is 3. The zero-order valence-corrected chi connectivity index (χ0v) is 21.1. The zero-order valence-electron chi connectivity index (χ0n) is 17.2. The van der Waals surface area contributed by atoms with Gasteiger partial charge in [-0.2, -0.15) is 0 Å². The molecule has 1 unspecified atom stereocenters. The van der Waals surface area contributed by atoms with Gasteiger partial charge in [-0.25, -0.2) is 8.42 Å². The van der Waals surface area contributed by atoms with E-state index in [0.29, 0.717) is 19.4 Å². The molecule has 1 heterocycles. The molecular weight excluding hydrogens is 417 g/mol. The maximum Gasteiger partial charge on any atom is 1.00 e. The molecule has 1 N–H and O–H groups in total. The Morgan fingerprint density at radius 2 is 1.69 bits per heavy atom. The number of nitrogens with zero attached hydrogens (tertiary/aromatic N) is 2. The van der Waals surface area contributed by atoms with Crippen molar-refractivity contribution < 1.29 is 69.4 Å². The van der Waals surface area contributed by atoms with Crippen molar-refractivity contribution in [3.8, 4) is 0 Å². The van der Waals surface area contributed by atoms with Crippen molar-refractivity contribution in [2.24, 2.45) is 0 Å². The fourth-order valence-electron chi connectivity index (χ4n) is 4.75. The molecule has 4 rings (SSSR count). The first-order valence-corrected chi connectivity index (χ1v) is 11.6. The zero-order chi connectivity index (χ0) is 19.9. The fraction of sp³-hybridized carbons (Fsp3) is 0.600. The van der Waals surface area contributed by atoms with Gasteiger partial charge in [-0.15, -0.1) is 0 Å². The molecule has 2 aliphatic carbocycles. The Labute approximate surface area is 214 Å². The first kappa shape index (κ1) is 23.2. The SMILES string of the molecule is CC(=O)N1CCCC(S(=O)(=O)[N-]C(=O)Nc2c3c(cc4c2CCC4)CCC3)C1.[K+]. The largest absolute Gasteiger partial charge is 1.00 e. The van der Waals surface area contributed by atoms with Crippen LogP contribution in [0.2, 0.25) is 0 Å². The van der Waals surface area contributed by atoms with Gasteiger partial charge >= 0.3 is 51.4 Å². The van der Waals surface area contributed by atoms with Crippen LogP contribution in [0.3, 0.4) is 0 Å². The number of amides is 3. The van der Waals surface area contributed by atoms with E-state index in [-0.39, 0.29) is 63.8 Å². The van der Waals surface area contributed by atoms with Crippen LogP contribution in [-0.2, 0) is 40.5 Å². The van der Waals surface area contributed by atoms with Crippen molar-refractivity contribution >= 4 is 27.6 Å². The van der Waals surface area contributed by atoms with Crippen LogP contribution in [0.15, 0.2) is 6.07 Å². The molecule has 0 radical (unpaired) electrons. The summed E-state index contributed by atoms with van der Waals surface area (Å²) in [5.74, 6) is -0.153. The molecule has 3 aliphatic rings. The predicted molar refractivity (Wildman–Crippen MR) is 107 cm³/mol. The maximum absolute atomic E-state index is 12.7. The molecule has 1 saturated heterocycles. The monoisotopic (exact) mass is 443 g/mol. The standard InChI is InChI=1S/C20H27N3O4S.K/c1-13(24)23-10-4-7-16(12-23)28(26,27)22-20(25)21-19-17-8-2-5-14(17)11-15-6-3-9-18(15)19;/h11,16H,2-10,12H2,1H3,(H2,21,22,25);/q;+1/p-1. The van der Waals surface area contributed by atoms with Crippen LogP contribution in [0, 0.1) is 0 Å². The number of hydrogen-bond donors (Lipinski definition) is 1. The number of aryl methyl sites for hydroxylation is 2. The molecule has 0 bridgehead atoms. The molecule has 1 atom stereocenters. The average Bonchev–Trinajstić information content (AvgIpc) is 3.30. The van der Waals surface area contributed by atoms with Crippen molar-refractivity contribution in [3.63, 3.8) is 0 Å². The van der Waals surface area contributed by atoms with Crippen LogP contribution >= 0.6 is 0 Å². The van der Waals surface area contributed by atoms with Gasteiger partial charge in [0, 0.05) is 20.0 Å². The van der Waals surface area contributed by atoms with E-state index in [2.05, 4.69) is 16.1 Å². The molecule has 1 aromatic rings. The quantitative estimate of drug-likeness (QED) is 0.661. The number of fused-ring (bicyclic) bond motifs is 2. The Bertz CT molecular complexity index is 900. The van der Waals surface area contributed by atoms with E-state index in [1.807, 2.05) is 0 Å². The number of benzene rings is 1. The van der Waals surface area contributed by atoms with Crippen LogP contribution in [0.4, 0.5) is 10.5 Å². The summed E-state index contributed by atoms with van der Waals surface area (Å²) in [7, 11) is -3.98. The molecule has 9 heteroatoms. The summed E-state index contributed by atoms with van der Waals surface area (Å²) in [5, 5.41) is 1.99. The Morgan fingerprint density at radius 3 is 2.28 bits per heavy atom. The average molecular weight is 444 g/mol. The molecule has 0 spiro atoms. The van der Waals surface area contributed by atoms with Gasteiger partial charge in [0.05, 0.1) is 5.25 Å². The van der Waals surface area contributed by atoms with Crippen molar-refractivity contribution in [2.75, 3.05) is 18.4 Å². The Hall–Kier alpha value is -0.454. The van der Waals surface area contributed by atoms with Gasteiger partial charge in [0.2, 0.25) is 5.91 Å². The van der Waals surface area contributed by atoms with Crippen LogP contribution in [0.5, 0.6) is 0 Å². The number of sulfonamides is 1. The second-order valence-corrected chi connectivity index (χ2v) is 9.88.